The average molecular weight is 2430 g/mol. The van der Waals surface area contributed by atoms with Crippen molar-refractivity contribution in [2.24, 2.45) is 5.92 Å². The minimum absolute atomic E-state index is 0. The third kappa shape index (κ3) is 33.7. The topological polar surface area (TPSA) is 103 Å². The number of hydrogen-bond acceptors (Lipinski definition) is 8. The molecule has 666 valence electrons. The van der Waals surface area contributed by atoms with Crippen LogP contribution in [0.15, 0.2) is 449 Å². The largest absolute Gasteiger partial charge is 0.305 e. The molecule has 8 aromatic heterocycles. The van der Waals surface area contributed by atoms with E-state index >= 15 is 0 Å². The molecule has 0 saturated heterocycles. The van der Waals surface area contributed by atoms with E-state index in [-0.39, 0.29) is 80.4 Å². The van der Waals surface area contributed by atoms with Gasteiger partial charge < -0.3 is 39.9 Å². The maximum Gasteiger partial charge on any atom is 0.0299 e. The summed E-state index contributed by atoms with van der Waals surface area (Å²) < 4.78 is 0. The minimum atomic E-state index is 0. The molecule has 12 aromatic carbocycles. The van der Waals surface area contributed by atoms with Gasteiger partial charge in [-0.3, -0.25) is 0 Å². The first kappa shape index (κ1) is 103. The quantitative estimate of drug-likeness (QED) is 0.0992. The second-order valence-corrected chi connectivity index (χ2v) is 30.5. The zero-order valence-electron chi connectivity index (χ0n) is 74.9. The summed E-state index contributed by atoms with van der Waals surface area (Å²) in [5.41, 5.74) is 32.3. The Balaban J connectivity index is 0.000000171. The van der Waals surface area contributed by atoms with E-state index in [1.54, 1.807) is 18.6 Å². The van der Waals surface area contributed by atoms with Crippen LogP contribution >= 0.6 is 0 Å². The summed E-state index contributed by atoms with van der Waals surface area (Å²) in [4.78, 5) is 35.6. The van der Waals surface area contributed by atoms with Crippen molar-refractivity contribution < 1.29 is 80.4 Å². The van der Waals surface area contributed by atoms with E-state index < -0.39 is 0 Å². The second kappa shape index (κ2) is 56.2. The van der Waals surface area contributed by atoms with Crippen LogP contribution in [0, 0.1) is 89.1 Å². The molecule has 8 nitrogen and oxygen atoms in total. The summed E-state index contributed by atoms with van der Waals surface area (Å²) in [6.45, 7) is 14.5. The van der Waals surface area contributed by atoms with Gasteiger partial charge in [0.25, 0.3) is 0 Å². The Kier molecular flexibility index (Phi) is 43.6. The van der Waals surface area contributed by atoms with Gasteiger partial charge in [0.15, 0.2) is 0 Å². The summed E-state index contributed by atoms with van der Waals surface area (Å²) in [5, 5.41) is 0. The van der Waals surface area contributed by atoms with Gasteiger partial charge in [-0.25, -0.2) is 0 Å². The van der Waals surface area contributed by atoms with Crippen molar-refractivity contribution in [1.82, 2.24) is 39.9 Å². The van der Waals surface area contributed by atoms with E-state index in [2.05, 4.69) is 255 Å². The number of benzene rings is 12. The molecule has 20 aromatic rings. The van der Waals surface area contributed by atoms with E-state index in [0.29, 0.717) is 5.92 Å². The molecule has 0 aliphatic heterocycles. The molecule has 0 spiro atoms. The van der Waals surface area contributed by atoms with Crippen LogP contribution in [-0.2, 0) is 86.8 Å². The molecule has 0 bridgehead atoms. The third-order valence-electron chi connectivity index (χ3n) is 19.9. The maximum atomic E-state index is 4.65. The van der Waals surface area contributed by atoms with E-state index in [9.17, 15) is 0 Å². The van der Waals surface area contributed by atoms with Crippen LogP contribution in [0.3, 0.4) is 0 Å². The van der Waals surface area contributed by atoms with Crippen LogP contribution in [0.25, 0.3) is 135 Å². The van der Waals surface area contributed by atoms with Crippen molar-refractivity contribution >= 4 is 0 Å². The van der Waals surface area contributed by atoms with Gasteiger partial charge in [0.2, 0.25) is 0 Å². The summed E-state index contributed by atoms with van der Waals surface area (Å²) >= 11 is 0. The maximum absolute atomic E-state index is 4.65. The smallest absolute Gasteiger partial charge is 0.0299 e. The molecule has 4 radical (unpaired) electrons. The number of nitrogens with zero attached hydrogens (tertiary/aromatic N) is 8. The van der Waals surface area contributed by atoms with Gasteiger partial charge in [0.05, 0.1) is 0 Å². The first-order valence-electron chi connectivity index (χ1n) is 43.0. The molecule has 20 rings (SSSR count). The van der Waals surface area contributed by atoms with Gasteiger partial charge in [0.1, 0.15) is 0 Å². The molecule has 0 N–H and O–H groups in total. The molecule has 0 saturated carbocycles. The Bertz CT molecular complexity index is 6290. The van der Waals surface area contributed by atoms with Crippen LogP contribution in [0.2, 0.25) is 0 Å². The Morgan fingerprint density at radius 3 is 0.744 bits per heavy atom. The van der Waals surface area contributed by atoms with E-state index in [4.69, 9.17) is 0 Å². The summed E-state index contributed by atoms with van der Waals surface area (Å²) in [6, 6.07) is 169. The third-order valence-corrected chi connectivity index (χ3v) is 19.9. The van der Waals surface area contributed by atoms with Crippen molar-refractivity contribution in [2.75, 3.05) is 0 Å². The first-order chi connectivity index (χ1) is 63.4. The molecular weight excluding hydrogens is 2330 g/mol. The normalized spacial score (nSPS) is 9.92. The number of hydrogen-bond donors (Lipinski definition) is 0. The van der Waals surface area contributed by atoms with Crippen LogP contribution < -0.4 is 0 Å². The van der Waals surface area contributed by atoms with Crippen molar-refractivity contribution in [3.63, 3.8) is 0 Å². The number of pyridine rings is 8. The van der Waals surface area contributed by atoms with Gasteiger partial charge >= 0.3 is 0 Å². The Hall–Kier alpha value is -13.6. The fraction of sp³-hybridized carbons (Fsp3) is 0.0744. The minimum Gasteiger partial charge on any atom is -0.305 e. The molecule has 0 aliphatic carbocycles. The van der Waals surface area contributed by atoms with Gasteiger partial charge in [-0.15, -0.1) is 285 Å². The number of aromatic nitrogens is 8. The molecule has 0 amide bonds. The van der Waals surface area contributed by atoms with Crippen molar-refractivity contribution in [3.05, 3.63) is 532 Å². The van der Waals surface area contributed by atoms with Crippen LogP contribution in [0.4, 0.5) is 0 Å². The molecule has 12 heteroatoms. The average Bonchev–Trinajstić information content (AvgIpc) is 0.835. The van der Waals surface area contributed by atoms with E-state index in [0.717, 1.165) is 125 Å². The standard InChI is InChI=1S/2C18H14N.2C17H12N.C15H16N.C13H12N.C12H10N.C11H8N.4Ir/c2*1-14-7-5-12-18(19-14)17-11-6-10-16(13-17)15-8-3-2-4-9-15;2*1-2-7-14(8-3-1)15-9-6-10-16(13-15)17-11-4-5-12-18-17;1-12(2)11-14-9-6-10-15(16-14)13-7-4-3-5-8-13;1-10-8-11(2)14-13(9-10)12-6-4-3-5-7-12;1-10-6-5-9-12(13-10)11-7-3-2-4-8-11;1-2-6-10(7-3-1)11-8-4-5-9-12-11;;;;/h2*2-10,12-13H,1H3;2*1-9,11-13H;3-7,9-10,12H,11H2,1-2H3;3-6,8-9H,1-2H3;2-7,9H,1H3;1-6,8-9H;;;;/q8*-1;;;;. The van der Waals surface area contributed by atoms with Gasteiger partial charge in [0, 0.05) is 127 Å². The summed E-state index contributed by atoms with van der Waals surface area (Å²) in [5.74, 6) is 0.641. The van der Waals surface area contributed by atoms with Crippen LogP contribution in [-0.4, -0.2) is 39.9 Å². The molecular formula is C121H98Ir4N8-8. The zero-order valence-corrected chi connectivity index (χ0v) is 84.5. The molecule has 8 heterocycles. The monoisotopic (exact) mass is 2430 g/mol. The second-order valence-electron chi connectivity index (χ2n) is 30.5. The predicted molar refractivity (Wildman–Crippen MR) is 532 cm³/mol. The predicted octanol–water partition coefficient (Wildman–Crippen LogP) is 29.8. The van der Waals surface area contributed by atoms with Crippen molar-refractivity contribution in [1.29, 1.82) is 0 Å². The fourth-order valence-corrected chi connectivity index (χ4v) is 13.7. The SMILES string of the molecule is CC(C)Cc1cccc(-c2[c-]cccc2)n1.Cc1cc(C)nc(-c2[c-]cccc2)c1.Cc1cccc(-c2[c-]ccc(-c3ccccc3)c2)n1.Cc1cccc(-c2[c-]ccc(-c3ccccc3)c2)n1.Cc1cccc(-c2[c-]cccc2)n1.[Ir].[Ir].[Ir].[Ir].[c-]1ccc(-c2ccccc2)cc1-c1ccccn1.[c-]1ccc(-c2ccccc2)cc1-c1ccccn1.[c-]1ccccc1-c1ccccn1. The summed E-state index contributed by atoms with van der Waals surface area (Å²) in [6.07, 6.45) is 6.42. The van der Waals surface area contributed by atoms with Crippen LogP contribution in [0.5, 0.6) is 0 Å². The van der Waals surface area contributed by atoms with E-state index in [1.165, 1.54) is 50.1 Å². The molecule has 0 aliphatic rings. The van der Waals surface area contributed by atoms with Gasteiger partial charge in [-0.2, -0.15) is 0 Å². The molecule has 0 atom stereocenters. The molecule has 133 heavy (non-hydrogen) atoms. The van der Waals surface area contributed by atoms with E-state index in [1.807, 2.05) is 313 Å². The Morgan fingerprint density at radius 2 is 0.451 bits per heavy atom. The fourth-order valence-electron chi connectivity index (χ4n) is 13.7. The molecule has 0 fully saturated rings. The first-order valence-corrected chi connectivity index (χ1v) is 43.0. The summed E-state index contributed by atoms with van der Waals surface area (Å²) in [7, 11) is 0. The zero-order chi connectivity index (χ0) is 89.2. The number of rotatable bonds is 14. The Morgan fingerprint density at radius 1 is 0.195 bits per heavy atom. The van der Waals surface area contributed by atoms with Crippen molar-refractivity contribution in [3.8, 4) is 135 Å². The Labute approximate surface area is 840 Å². The van der Waals surface area contributed by atoms with Crippen molar-refractivity contribution in [2.45, 2.75) is 54.9 Å². The van der Waals surface area contributed by atoms with Crippen LogP contribution in [0.1, 0.15) is 47.9 Å². The van der Waals surface area contributed by atoms with Gasteiger partial charge in [-0.05, 0) is 163 Å². The van der Waals surface area contributed by atoms with Gasteiger partial charge in [-0.1, -0.05) is 232 Å². The molecule has 0 unspecified atom stereocenters. The number of aryl methyl sites for hydroxylation is 5.